The summed E-state index contributed by atoms with van der Waals surface area (Å²) in [6.07, 6.45) is 0.817. The van der Waals surface area contributed by atoms with Crippen molar-refractivity contribution in [1.82, 2.24) is 0 Å². The van der Waals surface area contributed by atoms with E-state index in [0.717, 1.165) is 22.8 Å². The summed E-state index contributed by atoms with van der Waals surface area (Å²) in [6, 6.07) is 14.8. The smallest absolute Gasteiger partial charge is 0.0441 e. The van der Waals surface area contributed by atoms with E-state index in [4.69, 9.17) is 17.3 Å². The van der Waals surface area contributed by atoms with Crippen molar-refractivity contribution in [2.75, 3.05) is 5.75 Å². The molecule has 2 aromatic rings. The Labute approximate surface area is 130 Å². The molecule has 0 spiro atoms. The predicted octanol–water partition coefficient (Wildman–Crippen LogP) is 4.62. The van der Waals surface area contributed by atoms with Gasteiger partial charge in [0.1, 0.15) is 0 Å². The number of hydrogen-bond acceptors (Lipinski definition) is 2. The fraction of sp³-hybridized carbons (Fsp3) is 0.294. The second-order valence-electron chi connectivity index (χ2n) is 5.19. The second-order valence-corrected chi connectivity index (χ2v) is 6.69. The topological polar surface area (TPSA) is 26.0 Å². The van der Waals surface area contributed by atoms with Crippen molar-refractivity contribution in [3.8, 4) is 0 Å². The van der Waals surface area contributed by atoms with Gasteiger partial charge in [0.25, 0.3) is 0 Å². The monoisotopic (exact) mass is 305 g/mol. The van der Waals surface area contributed by atoms with E-state index < -0.39 is 0 Å². The van der Waals surface area contributed by atoms with Gasteiger partial charge in [-0.2, -0.15) is 0 Å². The Morgan fingerprint density at radius 3 is 2.55 bits per heavy atom. The highest BCUT2D eigenvalue weighted by Gasteiger charge is 2.08. The Kier molecular flexibility index (Phi) is 5.53. The van der Waals surface area contributed by atoms with Crippen LogP contribution in [-0.2, 0) is 6.42 Å². The van der Waals surface area contributed by atoms with Crippen molar-refractivity contribution in [3.05, 3.63) is 64.2 Å². The van der Waals surface area contributed by atoms with Gasteiger partial charge in [-0.05, 0) is 49.6 Å². The summed E-state index contributed by atoms with van der Waals surface area (Å²) in [5.74, 6) is 0.896. The van der Waals surface area contributed by atoms with Crippen molar-refractivity contribution in [2.24, 2.45) is 5.73 Å². The van der Waals surface area contributed by atoms with Crippen LogP contribution in [0, 0.1) is 13.8 Å². The number of benzene rings is 2. The molecule has 2 N–H and O–H groups in total. The van der Waals surface area contributed by atoms with E-state index >= 15 is 0 Å². The molecule has 2 rings (SSSR count). The summed E-state index contributed by atoms with van der Waals surface area (Å²) < 4.78 is 0. The van der Waals surface area contributed by atoms with Crippen LogP contribution < -0.4 is 5.73 Å². The standard InChI is InChI=1S/C17H20ClNS/c1-12-4-3-5-16(8-12)20-11-15(19)10-14-7-6-13(2)9-17(14)18/h3-9,15H,10-11,19H2,1-2H3. The van der Waals surface area contributed by atoms with Crippen molar-refractivity contribution in [1.29, 1.82) is 0 Å². The van der Waals surface area contributed by atoms with Gasteiger partial charge in [-0.3, -0.25) is 0 Å². The quantitative estimate of drug-likeness (QED) is 0.816. The van der Waals surface area contributed by atoms with E-state index in [1.165, 1.54) is 16.0 Å². The molecule has 0 aliphatic carbocycles. The van der Waals surface area contributed by atoms with Crippen molar-refractivity contribution in [2.45, 2.75) is 31.2 Å². The molecule has 1 unspecified atom stereocenters. The number of thioether (sulfide) groups is 1. The molecule has 0 saturated carbocycles. The first-order valence-corrected chi connectivity index (χ1v) is 8.11. The summed E-state index contributed by atoms with van der Waals surface area (Å²) in [5, 5.41) is 0.820. The number of aryl methyl sites for hydroxylation is 2. The van der Waals surface area contributed by atoms with Crippen LogP contribution in [0.4, 0.5) is 0 Å². The molecule has 0 bridgehead atoms. The van der Waals surface area contributed by atoms with Crippen LogP contribution in [0.5, 0.6) is 0 Å². The molecule has 0 heterocycles. The molecule has 0 aliphatic rings. The minimum absolute atomic E-state index is 0.112. The van der Waals surface area contributed by atoms with Gasteiger partial charge in [0, 0.05) is 21.7 Å². The summed E-state index contributed by atoms with van der Waals surface area (Å²) in [4.78, 5) is 1.27. The molecule has 1 nitrogen and oxygen atoms in total. The largest absolute Gasteiger partial charge is 0.327 e. The number of nitrogens with two attached hydrogens (primary N) is 1. The van der Waals surface area contributed by atoms with Crippen LogP contribution in [0.2, 0.25) is 5.02 Å². The molecular weight excluding hydrogens is 286 g/mol. The van der Waals surface area contributed by atoms with Gasteiger partial charge in [-0.25, -0.2) is 0 Å². The van der Waals surface area contributed by atoms with Gasteiger partial charge in [0.2, 0.25) is 0 Å². The highest BCUT2D eigenvalue weighted by molar-refractivity contribution is 7.99. The highest BCUT2D eigenvalue weighted by atomic mass is 35.5. The van der Waals surface area contributed by atoms with Crippen LogP contribution >= 0.6 is 23.4 Å². The minimum atomic E-state index is 0.112. The van der Waals surface area contributed by atoms with Crippen LogP contribution in [0.15, 0.2) is 47.4 Å². The second kappa shape index (κ2) is 7.16. The summed E-state index contributed by atoms with van der Waals surface area (Å²) >= 11 is 8.05. The first kappa shape index (κ1) is 15.4. The first-order valence-electron chi connectivity index (χ1n) is 6.74. The average Bonchev–Trinajstić information content (AvgIpc) is 2.40. The third-order valence-corrected chi connectivity index (χ3v) is 4.68. The van der Waals surface area contributed by atoms with Gasteiger partial charge in [0.05, 0.1) is 0 Å². The van der Waals surface area contributed by atoms with E-state index in [1.807, 2.05) is 13.0 Å². The Morgan fingerprint density at radius 1 is 1.10 bits per heavy atom. The maximum atomic E-state index is 6.25. The normalized spacial score (nSPS) is 12.4. The zero-order valence-electron chi connectivity index (χ0n) is 11.9. The Morgan fingerprint density at radius 2 is 1.85 bits per heavy atom. The third kappa shape index (κ3) is 4.55. The highest BCUT2D eigenvalue weighted by Crippen LogP contribution is 2.22. The van der Waals surface area contributed by atoms with Gasteiger partial charge >= 0.3 is 0 Å². The van der Waals surface area contributed by atoms with E-state index in [9.17, 15) is 0 Å². The lowest BCUT2D eigenvalue weighted by Gasteiger charge is -2.13. The Balaban J connectivity index is 1.90. The fourth-order valence-corrected chi connectivity index (χ4v) is 3.35. The predicted molar refractivity (Wildman–Crippen MR) is 89.8 cm³/mol. The zero-order chi connectivity index (χ0) is 14.5. The molecular formula is C17H20ClNS. The Bertz CT molecular complexity index is 583. The minimum Gasteiger partial charge on any atom is -0.327 e. The Hall–Kier alpha value is -0.960. The summed E-state index contributed by atoms with van der Waals surface area (Å²) in [7, 11) is 0. The molecule has 20 heavy (non-hydrogen) atoms. The third-order valence-electron chi connectivity index (χ3n) is 3.14. The lowest BCUT2D eigenvalue weighted by molar-refractivity contribution is 0.748. The fourth-order valence-electron chi connectivity index (χ4n) is 2.07. The number of rotatable bonds is 5. The molecule has 0 radical (unpaired) electrons. The van der Waals surface area contributed by atoms with Crippen LogP contribution in [0.25, 0.3) is 0 Å². The lowest BCUT2D eigenvalue weighted by atomic mass is 10.1. The van der Waals surface area contributed by atoms with E-state index in [1.54, 1.807) is 11.8 Å². The van der Waals surface area contributed by atoms with E-state index in [0.29, 0.717) is 0 Å². The summed E-state index contributed by atoms with van der Waals surface area (Å²) in [6.45, 7) is 4.15. The van der Waals surface area contributed by atoms with Crippen LogP contribution in [0.1, 0.15) is 16.7 Å². The molecule has 0 aliphatic heterocycles. The van der Waals surface area contributed by atoms with E-state index in [-0.39, 0.29) is 6.04 Å². The van der Waals surface area contributed by atoms with Crippen molar-refractivity contribution >= 4 is 23.4 Å². The SMILES string of the molecule is Cc1cccc(SCC(N)Cc2ccc(C)cc2Cl)c1. The lowest BCUT2D eigenvalue weighted by Crippen LogP contribution is -2.25. The van der Waals surface area contributed by atoms with Gasteiger partial charge in [0.15, 0.2) is 0 Å². The molecule has 0 saturated heterocycles. The molecule has 0 fully saturated rings. The zero-order valence-corrected chi connectivity index (χ0v) is 13.5. The van der Waals surface area contributed by atoms with Gasteiger partial charge in [-0.15, -0.1) is 11.8 Å². The van der Waals surface area contributed by atoms with Crippen molar-refractivity contribution in [3.63, 3.8) is 0 Å². The number of halogens is 1. The maximum absolute atomic E-state index is 6.25. The molecule has 3 heteroatoms. The molecule has 106 valence electrons. The molecule has 2 aromatic carbocycles. The van der Waals surface area contributed by atoms with Gasteiger partial charge < -0.3 is 5.73 Å². The van der Waals surface area contributed by atoms with Crippen molar-refractivity contribution < 1.29 is 0 Å². The first-order chi connectivity index (χ1) is 9.54. The molecule has 0 aromatic heterocycles. The summed E-state index contributed by atoms with van der Waals surface area (Å²) in [5.41, 5.74) is 9.82. The maximum Gasteiger partial charge on any atom is 0.0441 e. The molecule has 0 amide bonds. The van der Waals surface area contributed by atoms with E-state index in [2.05, 4.69) is 43.3 Å². The molecule has 1 atom stereocenters. The van der Waals surface area contributed by atoms with Gasteiger partial charge in [-0.1, -0.05) is 41.4 Å². The van der Waals surface area contributed by atoms with Crippen LogP contribution in [0.3, 0.4) is 0 Å². The van der Waals surface area contributed by atoms with Crippen LogP contribution in [-0.4, -0.2) is 11.8 Å². The average molecular weight is 306 g/mol. The number of hydrogen-bond donors (Lipinski definition) is 1.